The molecule has 1 fully saturated rings. The van der Waals surface area contributed by atoms with Crippen molar-refractivity contribution in [3.8, 4) is 0 Å². The maximum absolute atomic E-state index is 12.0. The highest BCUT2D eigenvalue weighted by molar-refractivity contribution is 5.68. The molecule has 1 saturated heterocycles. The average Bonchev–Trinajstić information content (AvgIpc) is 3.24. The third-order valence-corrected chi connectivity index (χ3v) is 5.61. The zero-order chi connectivity index (χ0) is 26.7. The van der Waals surface area contributed by atoms with Gasteiger partial charge in [-0.15, -0.1) is 5.10 Å². The van der Waals surface area contributed by atoms with Gasteiger partial charge >= 0.3 is 23.9 Å². The fraction of sp³-hybridized carbons (Fsp3) is 0.750. The highest BCUT2D eigenvalue weighted by atomic mass is 16.7. The molecule has 0 saturated carbocycles. The lowest BCUT2D eigenvalue weighted by atomic mass is 9.95. The summed E-state index contributed by atoms with van der Waals surface area (Å²) in [5, 5.41) is 8.45. The topological polar surface area (TPSA) is 145 Å². The molecule has 36 heavy (non-hydrogen) atoms. The number of esters is 4. The number of rotatable bonds is 13. The normalized spacial score (nSPS) is 23.5. The van der Waals surface area contributed by atoms with Crippen LogP contribution in [-0.2, 0) is 49.3 Å². The van der Waals surface area contributed by atoms with E-state index in [1.807, 2.05) is 0 Å². The lowest BCUT2D eigenvalue weighted by Crippen LogP contribution is -2.59. The first-order chi connectivity index (χ1) is 17.1. The molecule has 0 N–H and O–H groups in total. The van der Waals surface area contributed by atoms with Crippen molar-refractivity contribution in [2.24, 2.45) is 0 Å². The minimum absolute atomic E-state index is 0.255. The van der Waals surface area contributed by atoms with Crippen LogP contribution in [0.1, 0.15) is 84.9 Å². The Morgan fingerprint density at radius 3 is 2.08 bits per heavy atom. The Morgan fingerprint density at radius 2 is 1.47 bits per heavy atom. The van der Waals surface area contributed by atoms with Crippen LogP contribution >= 0.6 is 0 Å². The fourth-order valence-corrected chi connectivity index (χ4v) is 4.11. The minimum Gasteiger partial charge on any atom is -0.463 e. The number of ether oxygens (including phenoxy) is 5. The molecule has 2 heterocycles. The minimum atomic E-state index is -1.40. The molecule has 1 aliphatic rings. The predicted molar refractivity (Wildman–Crippen MR) is 124 cm³/mol. The first-order valence-electron chi connectivity index (χ1n) is 12.3. The molecule has 202 valence electrons. The van der Waals surface area contributed by atoms with Crippen LogP contribution in [0.15, 0.2) is 6.20 Å². The van der Waals surface area contributed by atoms with Crippen LogP contribution in [0.5, 0.6) is 0 Å². The molecule has 0 aliphatic carbocycles. The number of aryl methyl sites for hydroxylation is 1. The van der Waals surface area contributed by atoms with Gasteiger partial charge in [-0.1, -0.05) is 44.2 Å². The highest BCUT2D eigenvalue weighted by Gasteiger charge is 2.53. The first-order valence-corrected chi connectivity index (χ1v) is 12.3. The highest BCUT2D eigenvalue weighted by Crippen LogP contribution is 2.35. The Balaban J connectivity index is 2.34. The number of hydrogen-bond donors (Lipinski definition) is 0. The number of hydrogen-bond acceptors (Lipinski definition) is 11. The van der Waals surface area contributed by atoms with Gasteiger partial charge in [-0.05, 0) is 12.8 Å². The van der Waals surface area contributed by atoms with Gasteiger partial charge < -0.3 is 23.7 Å². The second kappa shape index (κ2) is 14.5. The van der Waals surface area contributed by atoms with Gasteiger partial charge in [0, 0.05) is 33.9 Å². The summed E-state index contributed by atoms with van der Waals surface area (Å²) in [5.41, 5.74) is 0.726. The van der Waals surface area contributed by atoms with Crippen molar-refractivity contribution in [3.63, 3.8) is 0 Å². The van der Waals surface area contributed by atoms with Gasteiger partial charge in [0.2, 0.25) is 12.4 Å². The standard InChI is InChI=1S/C24H37N3O9/c1-6-7-8-9-10-11-12-19-13-27(26-25-19)21-20(14-32-15(2)28)36-24(35-18(5)31)23(34-17(4)30)22(21)33-16(3)29/h13,20-24H,6-12,14H2,1-5H3/t20-,21-,22+,23-,24+/m1/s1. The summed E-state index contributed by atoms with van der Waals surface area (Å²) >= 11 is 0. The lowest BCUT2D eigenvalue weighted by Gasteiger charge is -2.44. The van der Waals surface area contributed by atoms with Crippen LogP contribution in [0.25, 0.3) is 0 Å². The Bertz CT molecular complexity index is 888. The van der Waals surface area contributed by atoms with Gasteiger partial charge in [0.25, 0.3) is 0 Å². The molecule has 12 heteroatoms. The molecule has 12 nitrogen and oxygen atoms in total. The largest absolute Gasteiger partial charge is 0.463 e. The van der Waals surface area contributed by atoms with Crippen molar-refractivity contribution in [2.45, 2.75) is 110 Å². The molecule has 5 atom stereocenters. The van der Waals surface area contributed by atoms with Gasteiger partial charge in [-0.2, -0.15) is 0 Å². The third-order valence-electron chi connectivity index (χ3n) is 5.61. The van der Waals surface area contributed by atoms with Crippen molar-refractivity contribution < 1.29 is 42.9 Å². The zero-order valence-electron chi connectivity index (χ0n) is 21.6. The molecule has 1 aliphatic heterocycles. The van der Waals surface area contributed by atoms with E-state index in [-0.39, 0.29) is 6.61 Å². The average molecular weight is 512 g/mol. The molecule has 0 unspecified atom stereocenters. The van der Waals surface area contributed by atoms with E-state index in [1.165, 1.54) is 44.7 Å². The predicted octanol–water partition coefficient (Wildman–Crippen LogP) is 2.44. The maximum Gasteiger partial charge on any atom is 0.305 e. The van der Waals surface area contributed by atoms with Crippen molar-refractivity contribution in [1.29, 1.82) is 0 Å². The third kappa shape index (κ3) is 9.21. The number of carbonyl (C=O) groups is 4. The van der Waals surface area contributed by atoms with Gasteiger partial charge in [0.05, 0.1) is 5.69 Å². The second-order valence-electron chi connectivity index (χ2n) is 8.80. The van der Waals surface area contributed by atoms with Crippen molar-refractivity contribution in [2.75, 3.05) is 6.61 Å². The maximum atomic E-state index is 12.0. The van der Waals surface area contributed by atoms with Crippen LogP contribution in [0.4, 0.5) is 0 Å². The molecule has 0 aromatic carbocycles. The van der Waals surface area contributed by atoms with E-state index in [2.05, 4.69) is 17.2 Å². The number of nitrogens with zero attached hydrogens (tertiary/aromatic N) is 3. The summed E-state index contributed by atoms with van der Waals surface area (Å²) in [5.74, 6) is -2.62. The fourth-order valence-electron chi connectivity index (χ4n) is 4.11. The number of unbranched alkanes of at least 4 members (excludes halogenated alkanes) is 5. The van der Waals surface area contributed by atoms with E-state index in [0.717, 1.165) is 31.9 Å². The smallest absolute Gasteiger partial charge is 0.305 e. The summed E-state index contributed by atoms with van der Waals surface area (Å²) in [6.45, 7) is 6.68. The van der Waals surface area contributed by atoms with E-state index < -0.39 is 54.5 Å². The van der Waals surface area contributed by atoms with Gasteiger partial charge in [0.15, 0.2) is 6.10 Å². The van der Waals surface area contributed by atoms with E-state index >= 15 is 0 Å². The summed E-state index contributed by atoms with van der Waals surface area (Å²) < 4.78 is 28.7. The van der Waals surface area contributed by atoms with E-state index in [4.69, 9.17) is 23.7 Å². The van der Waals surface area contributed by atoms with Crippen molar-refractivity contribution >= 4 is 23.9 Å². The Labute approximate surface area is 210 Å². The Morgan fingerprint density at radius 1 is 0.861 bits per heavy atom. The van der Waals surface area contributed by atoms with Crippen molar-refractivity contribution in [1.82, 2.24) is 15.0 Å². The van der Waals surface area contributed by atoms with E-state index in [9.17, 15) is 19.2 Å². The van der Waals surface area contributed by atoms with Crippen molar-refractivity contribution in [3.05, 3.63) is 11.9 Å². The van der Waals surface area contributed by atoms with Gasteiger partial charge in [0.1, 0.15) is 18.8 Å². The quantitative estimate of drug-likeness (QED) is 0.219. The van der Waals surface area contributed by atoms with Gasteiger partial charge in [-0.25, -0.2) is 4.68 Å². The SMILES string of the molecule is CCCCCCCCc1cn([C@H]2[C@H](OC(C)=O)[C@@H](OC(C)=O)[C@@H](OC(C)=O)O[C@@H]2COC(C)=O)nn1. The van der Waals surface area contributed by atoms with Crippen LogP contribution in [0.3, 0.4) is 0 Å². The van der Waals surface area contributed by atoms with Crippen LogP contribution in [-0.4, -0.2) is 70.1 Å². The number of aromatic nitrogens is 3. The zero-order valence-corrected chi connectivity index (χ0v) is 21.6. The lowest BCUT2D eigenvalue weighted by molar-refractivity contribution is -0.285. The second-order valence-corrected chi connectivity index (χ2v) is 8.80. The summed E-state index contributed by atoms with van der Waals surface area (Å²) in [7, 11) is 0. The first kappa shape index (κ1) is 29.2. The van der Waals surface area contributed by atoms with E-state index in [0.29, 0.717) is 6.42 Å². The van der Waals surface area contributed by atoms with Crippen LogP contribution in [0.2, 0.25) is 0 Å². The van der Waals surface area contributed by atoms with Crippen LogP contribution in [0, 0.1) is 0 Å². The molecular weight excluding hydrogens is 474 g/mol. The Hall–Kier alpha value is -3.02. The van der Waals surface area contributed by atoms with E-state index in [1.54, 1.807) is 6.20 Å². The monoisotopic (exact) mass is 511 g/mol. The molecule has 0 amide bonds. The van der Waals surface area contributed by atoms with Gasteiger partial charge in [-0.3, -0.25) is 19.2 Å². The molecule has 0 bridgehead atoms. The summed E-state index contributed by atoms with van der Waals surface area (Å²) in [6.07, 6.45) is 4.35. The summed E-state index contributed by atoms with van der Waals surface area (Å²) in [4.78, 5) is 47.1. The molecule has 1 aromatic rings. The molecular formula is C24H37N3O9. The molecule has 1 aromatic heterocycles. The molecule has 0 radical (unpaired) electrons. The molecule has 2 rings (SSSR count). The Kier molecular flexibility index (Phi) is 11.8. The summed E-state index contributed by atoms with van der Waals surface area (Å²) in [6, 6.07) is -0.893. The molecule has 0 spiro atoms. The van der Waals surface area contributed by atoms with Crippen LogP contribution < -0.4 is 0 Å². The number of carbonyl (C=O) groups excluding carboxylic acids is 4.